The lowest BCUT2D eigenvalue weighted by atomic mass is 10.2. The SMILES string of the molecule is CCOc1cccc2sc(N(CCN(C)C)C(=O)c3cccc(Cl)c3)nc12.Cl. The van der Waals surface area contributed by atoms with Crippen molar-refractivity contribution < 1.29 is 9.53 Å². The van der Waals surface area contributed by atoms with Crippen molar-refractivity contribution in [2.24, 2.45) is 0 Å². The van der Waals surface area contributed by atoms with Gasteiger partial charge in [0, 0.05) is 23.7 Å². The quantitative estimate of drug-likeness (QED) is 0.520. The number of anilines is 1. The van der Waals surface area contributed by atoms with Crippen LogP contribution in [0.5, 0.6) is 5.75 Å². The number of para-hydroxylation sites is 1. The highest BCUT2D eigenvalue weighted by Crippen LogP contribution is 2.34. The van der Waals surface area contributed by atoms with E-state index in [0.29, 0.717) is 28.9 Å². The molecule has 3 aromatic rings. The smallest absolute Gasteiger partial charge is 0.260 e. The van der Waals surface area contributed by atoms with Crippen molar-refractivity contribution in [2.45, 2.75) is 6.92 Å². The minimum absolute atomic E-state index is 0. The third-order valence-corrected chi connectivity index (χ3v) is 5.27. The molecule has 0 spiro atoms. The van der Waals surface area contributed by atoms with E-state index in [9.17, 15) is 4.79 Å². The Balaban J connectivity index is 0.00000280. The summed E-state index contributed by atoms with van der Waals surface area (Å²) >= 11 is 7.57. The van der Waals surface area contributed by atoms with Crippen molar-refractivity contribution in [3.63, 3.8) is 0 Å². The number of ether oxygens (including phenoxy) is 1. The van der Waals surface area contributed by atoms with Crippen LogP contribution in [0.3, 0.4) is 0 Å². The van der Waals surface area contributed by atoms with E-state index in [0.717, 1.165) is 22.5 Å². The average molecular weight is 440 g/mol. The van der Waals surface area contributed by atoms with E-state index in [1.54, 1.807) is 29.2 Å². The topological polar surface area (TPSA) is 45.7 Å². The Morgan fingerprint density at radius 3 is 2.61 bits per heavy atom. The molecule has 28 heavy (non-hydrogen) atoms. The van der Waals surface area contributed by atoms with Crippen molar-refractivity contribution in [2.75, 3.05) is 38.7 Å². The molecule has 150 valence electrons. The molecule has 1 heterocycles. The summed E-state index contributed by atoms with van der Waals surface area (Å²) in [4.78, 5) is 21.7. The van der Waals surface area contributed by atoms with Gasteiger partial charge in [-0.1, -0.05) is 35.1 Å². The first kappa shape index (κ1) is 22.4. The highest BCUT2D eigenvalue weighted by atomic mass is 35.5. The average Bonchev–Trinajstić information content (AvgIpc) is 3.06. The fraction of sp³-hybridized carbons (Fsp3) is 0.300. The molecule has 0 fully saturated rings. The van der Waals surface area contributed by atoms with Gasteiger partial charge >= 0.3 is 0 Å². The highest BCUT2D eigenvalue weighted by Gasteiger charge is 2.22. The number of rotatable bonds is 7. The predicted octanol–water partition coefficient (Wildman–Crippen LogP) is 4.98. The zero-order chi connectivity index (χ0) is 19.4. The number of nitrogens with zero attached hydrogens (tertiary/aromatic N) is 3. The number of carbonyl (C=O) groups is 1. The number of fused-ring (bicyclic) bond motifs is 1. The Morgan fingerprint density at radius 2 is 1.93 bits per heavy atom. The largest absolute Gasteiger partial charge is 0.492 e. The lowest BCUT2D eigenvalue weighted by Gasteiger charge is -2.22. The van der Waals surface area contributed by atoms with Crippen LogP contribution in [-0.2, 0) is 0 Å². The molecule has 0 bridgehead atoms. The fourth-order valence-electron chi connectivity index (χ4n) is 2.66. The van der Waals surface area contributed by atoms with Crippen molar-refractivity contribution in [3.8, 4) is 5.75 Å². The van der Waals surface area contributed by atoms with Crippen molar-refractivity contribution in [1.82, 2.24) is 9.88 Å². The van der Waals surface area contributed by atoms with Gasteiger partial charge in [0.05, 0.1) is 11.3 Å². The maximum absolute atomic E-state index is 13.2. The Labute approximate surface area is 180 Å². The van der Waals surface area contributed by atoms with E-state index in [1.165, 1.54) is 11.3 Å². The van der Waals surface area contributed by atoms with Gasteiger partial charge in [-0.15, -0.1) is 12.4 Å². The van der Waals surface area contributed by atoms with Gasteiger partial charge in [0.25, 0.3) is 5.91 Å². The van der Waals surface area contributed by atoms with Gasteiger partial charge in [0.1, 0.15) is 11.3 Å². The van der Waals surface area contributed by atoms with Crippen LogP contribution in [0, 0.1) is 0 Å². The summed E-state index contributed by atoms with van der Waals surface area (Å²) in [6.45, 7) is 3.76. The van der Waals surface area contributed by atoms with Gasteiger partial charge in [-0.2, -0.15) is 0 Å². The summed E-state index contributed by atoms with van der Waals surface area (Å²) in [5, 5.41) is 1.19. The Kier molecular flexibility index (Phi) is 8.07. The van der Waals surface area contributed by atoms with Crippen LogP contribution in [0.4, 0.5) is 5.13 Å². The van der Waals surface area contributed by atoms with Crippen LogP contribution >= 0.6 is 35.3 Å². The molecule has 0 aliphatic carbocycles. The molecule has 2 aromatic carbocycles. The number of aromatic nitrogens is 1. The molecule has 5 nitrogen and oxygen atoms in total. The second kappa shape index (κ2) is 10.1. The van der Waals surface area contributed by atoms with Gasteiger partial charge < -0.3 is 9.64 Å². The van der Waals surface area contributed by atoms with Crippen LogP contribution in [-0.4, -0.2) is 49.6 Å². The summed E-state index contributed by atoms with van der Waals surface area (Å²) in [5.41, 5.74) is 1.33. The molecule has 0 N–H and O–H groups in total. The highest BCUT2D eigenvalue weighted by molar-refractivity contribution is 7.22. The van der Waals surface area contributed by atoms with Crippen LogP contribution in [0.2, 0.25) is 5.02 Å². The monoisotopic (exact) mass is 439 g/mol. The predicted molar refractivity (Wildman–Crippen MR) is 120 cm³/mol. The minimum atomic E-state index is -0.114. The Morgan fingerprint density at radius 1 is 1.18 bits per heavy atom. The summed E-state index contributed by atoms with van der Waals surface area (Å²) in [5.74, 6) is 0.622. The number of carbonyl (C=O) groups excluding carboxylic acids is 1. The van der Waals surface area contributed by atoms with E-state index in [2.05, 4.69) is 0 Å². The summed E-state index contributed by atoms with van der Waals surface area (Å²) in [6.07, 6.45) is 0. The number of hydrogen-bond acceptors (Lipinski definition) is 5. The molecule has 1 amide bonds. The Bertz CT molecular complexity index is 946. The molecule has 0 aliphatic heterocycles. The second-order valence-corrected chi connectivity index (χ2v) is 7.75. The zero-order valence-electron chi connectivity index (χ0n) is 16.0. The molecule has 0 aliphatic rings. The number of thiazole rings is 1. The normalized spacial score (nSPS) is 10.8. The van der Waals surface area contributed by atoms with E-state index >= 15 is 0 Å². The van der Waals surface area contributed by atoms with E-state index in [-0.39, 0.29) is 18.3 Å². The maximum Gasteiger partial charge on any atom is 0.260 e. The zero-order valence-corrected chi connectivity index (χ0v) is 18.4. The first-order valence-electron chi connectivity index (χ1n) is 8.74. The Hall–Kier alpha value is -1.86. The molecular weight excluding hydrogens is 417 g/mol. The number of halogens is 2. The third-order valence-electron chi connectivity index (χ3n) is 3.99. The number of likely N-dealkylation sites (N-methyl/N-ethyl adjacent to an activating group) is 1. The van der Waals surface area contributed by atoms with Gasteiger partial charge in [0.2, 0.25) is 0 Å². The molecule has 3 rings (SSSR count). The molecule has 0 radical (unpaired) electrons. The maximum atomic E-state index is 13.2. The van der Waals surface area contributed by atoms with E-state index < -0.39 is 0 Å². The van der Waals surface area contributed by atoms with E-state index in [4.69, 9.17) is 21.3 Å². The molecule has 0 atom stereocenters. The second-order valence-electron chi connectivity index (χ2n) is 6.30. The first-order valence-corrected chi connectivity index (χ1v) is 9.93. The lowest BCUT2D eigenvalue weighted by Crippen LogP contribution is -2.36. The first-order chi connectivity index (χ1) is 13.0. The van der Waals surface area contributed by atoms with E-state index in [1.807, 2.05) is 44.1 Å². The fourth-order valence-corrected chi connectivity index (χ4v) is 3.86. The summed E-state index contributed by atoms with van der Waals surface area (Å²) in [6, 6.07) is 12.8. The molecule has 8 heteroatoms. The van der Waals surface area contributed by atoms with Gasteiger partial charge in [-0.3, -0.25) is 9.69 Å². The van der Waals surface area contributed by atoms with Crippen LogP contribution < -0.4 is 9.64 Å². The summed E-state index contributed by atoms with van der Waals surface area (Å²) < 4.78 is 6.68. The number of benzene rings is 2. The third kappa shape index (κ3) is 5.14. The van der Waals surface area contributed by atoms with Crippen LogP contribution in [0.1, 0.15) is 17.3 Å². The lowest BCUT2D eigenvalue weighted by molar-refractivity contribution is 0.0985. The van der Waals surface area contributed by atoms with Crippen LogP contribution in [0.25, 0.3) is 10.2 Å². The molecule has 0 saturated carbocycles. The van der Waals surface area contributed by atoms with Crippen molar-refractivity contribution in [3.05, 3.63) is 53.1 Å². The number of amides is 1. The van der Waals surface area contributed by atoms with Crippen molar-refractivity contribution >= 4 is 56.6 Å². The molecule has 1 aromatic heterocycles. The van der Waals surface area contributed by atoms with Crippen LogP contribution in [0.15, 0.2) is 42.5 Å². The molecular formula is C20H23Cl2N3O2S. The van der Waals surface area contributed by atoms with Gasteiger partial charge in [0.15, 0.2) is 5.13 Å². The number of hydrogen-bond donors (Lipinski definition) is 0. The summed E-state index contributed by atoms with van der Waals surface area (Å²) in [7, 11) is 3.96. The van der Waals surface area contributed by atoms with Gasteiger partial charge in [-0.25, -0.2) is 4.98 Å². The molecule has 0 saturated heterocycles. The molecule has 0 unspecified atom stereocenters. The minimum Gasteiger partial charge on any atom is -0.492 e. The standard InChI is InChI=1S/C20H22ClN3O2S.ClH/c1-4-26-16-9-6-10-17-18(16)22-20(27-17)24(12-11-23(2)3)19(25)14-7-5-8-15(21)13-14;/h5-10,13H,4,11-12H2,1-3H3;1H. The van der Waals surface area contributed by atoms with Crippen molar-refractivity contribution in [1.29, 1.82) is 0 Å². The van der Waals surface area contributed by atoms with Gasteiger partial charge in [-0.05, 0) is 51.4 Å².